The highest BCUT2D eigenvalue weighted by molar-refractivity contribution is 9.10. The van der Waals surface area contributed by atoms with Crippen molar-refractivity contribution in [3.63, 3.8) is 0 Å². The number of nitrogens with one attached hydrogen (secondary N) is 1. The van der Waals surface area contributed by atoms with E-state index in [0.29, 0.717) is 11.3 Å². The predicted molar refractivity (Wildman–Crippen MR) is 119 cm³/mol. The van der Waals surface area contributed by atoms with Gasteiger partial charge in [-0.3, -0.25) is 4.79 Å². The van der Waals surface area contributed by atoms with E-state index in [1.165, 1.54) is 12.1 Å². The Bertz CT molecular complexity index is 1090. The molecule has 0 aliphatic heterocycles. The van der Waals surface area contributed by atoms with Crippen molar-refractivity contribution in [1.29, 1.82) is 0 Å². The second-order valence-corrected chi connectivity index (χ2v) is 9.45. The number of nitrogens with zero attached hydrogens (tertiary/aromatic N) is 1. The first kappa shape index (κ1) is 22.2. The normalized spacial score (nSPS) is 12.5. The van der Waals surface area contributed by atoms with Gasteiger partial charge in [-0.25, -0.2) is 8.42 Å². The van der Waals surface area contributed by atoms with Crippen LogP contribution in [-0.2, 0) is 14.8 Å². The molecule has 0 radical (unpaired) electrons. The maximum Gasteiger partial charge on any atom is 0.243 e. The molecule has 0 saturated carbocycles. The quantitative estimate of drug-likeness (QED) is 0.504. The van der Waals surface area contributed by atoms with Gasteiger partial charge in [-0.1, -0.05) is 64.5 Å². The molecule has 2 N–H and O–H groups in total. The average molecular weight is 489 g/mol. The lowest BCUT2D eigenvalue weighted by atomic mass is 10.1. The number of amides is 1. The molecule has 3 rings (SSSR count). The number of halogens is 1. The maximum atomic E-state index is 13.2. The van der Waals surface area contributed by atoms with Crippen LogP contribution in [0.1, 0.15) is 11.7 Å². The number of rotatable bonds is 8. The number of aliphatic hydroxyl groups excluding tert-OH is 1. The Morgan fingerprint density at radius 1 is 0.967 bits per heavy atom. The first-order valence-electron chi connectivity index (χ1n) is 9.20. The average Bonchev–Trinajstić information content (AvgIpc) is 2.74. The fourth-order valence-corrected chi connectivity index (χ4v) is 4.72. The van der Waals surface area contributed by atoms with Gasteiger partial charge in [-0.2, -0.15) is 4.31 Å². The summed E-state index contributed by atoms with van der Waals surface area (Å²) in [7, 11) is -4.00. The number of sulfonamides is 1. The van der Waals surface area contributed by atoms with Gasteiger partial charge in [0.15, 0.2) is 0 Å². The third kappa shape index (κ3) is 5.76. The van der Waals surface area contributed by atoms with Crippen LogP contribution in [0.3, 0.4) is 0 Å². The van der Waals surface area contributed by atoms with Crippen molar-refractivity contribution >= 4 is 37.5 Å². The molecule has 30 heavy (non-hydrogen) atoms. The van der Waals surface area contributed by atoms with Crippen LogP contribution in [0, 0.1) is 0 Å². The number of hydrogen-bond acceptors (Lipinski definition) is 4. The van der Waals surface area contributed by atoms with E-state index in [-0.39, 0.29) is 11.4 Å². The summed E-state index contributed by atoms with van der Waals surface area (Å²) in [5.41, 5.74) is 1.10. The second-order valence-electron chi connectivity index (χ2n) is 6.60. The SMILES string of the molecule is O=C(CN(CC(O)c1cccc(Br)c1)S(=O)(=O)c1ccccc1)Nc1ccccc1. The maximum absolute atomic E-state index is 13.2. The molecule has 0 aliphatic rings. The van der Waals surface area contributed by atoms with Crippen LogP contribution in [0.15, 0.2) is 94.3 Å². The minimum absolute atomic E-state index is 0.0546. The molecule has 1 atom stereocenters. The number of para-hydroxylation sites is 1. The van der Waals surface area contributed by atoms with Crippen molar-refractivity contribution in [3.05, 3.63) is 95.0 Å². The standard InChI is InChI=1S/C22H21BrN2O4S/c23-18-9-7-8-17(14-18)21(26)15-25(30(28,29)20-12-5-2-6-13-20)16-22(27)24-19-10-3-1-4-11-19/h1-14,21,26H,15-16H2,(H,24,27). The molecule has 0 saturated heterocycles. The van der Waals surface area contributed by atoms with Crippen LogP contribution < -0.4 is 5.32 Å². The Labute approximate surface area is 184 Å². The molecule has 3 aromatic rings. The van der Waals surface area contributed by atoms with Crippen LogP contribution in [0.25, 0.3) is 0 Å². The van der Waals surface area contributed by atoms with Crippen molar-refractivity contribution < 1.29 is 18.3 Å². The van der Waals surface area contributed by atoms with Crippen LogP contribution in [0.2, 0.25) is 0 Å². The molecule has 3 aromatic carbocycles. The monoisotopic (exact) mass is 488 g/mol. The third-order valence-electron chi connectivity index (χ3n) is 4.37. The molecular weight excluding hydrogens is 468 g/mol. The van der Waals surface area contributed by atoms with Gasteiger partial charge in [0.1, 0.15) is 0 Å². The molecular formula is C22H21BrN2O4S. The first-order valence-corrected chi connectivity index (χ1v) is 11.4. The van der Waals surface area contributed by atoms with Gasteiger partial charge in [0, 0.05) is 16.7 Å². The Morgan fingerprint density at radius 2 is 1.60 bits per heavy atom. The lowest BCUT2D eigenvalue weighted by molar-refractivity contribution is -0.116. The number of hydrogen-bond donors (Lipinski definition) is 2. The summed E-state index contributed by atoms with van der Waals surface area (Å²) in [6, 6.07) is 23.6. The van der Waals surface area contributed by atoms with E-state index < -0.39 is 28.6 Å². The number of carbonyl (C=O) groups is 1. The highest BCUT2D eigenvalue weighted by atomic mass is 79.9. The van der Waals surface area contributed by atoms with Crippen molar-refractivity contribution in [1.82, 2.24) is 4.31 Å². The van der Waals surface area contributed by atoms with Crippen molar-refractivity contribution in [2.24, 2.45) is 0 Å². The number of benzene rings is 3. The Morgan fingerprint density at radius 3 is 2.23 bits per heavy atom. The fraction of sp³-hybridized carbons (Fsp3) is 0.136. The molecule has 8 heteroatoms. The minimum Gasteiger partial charge on any atom is -0.387 e. The number of aliphatic hydroxyl groups is 1. The van der Waals surface area contributed by atoms with Gasteiger partial charge in [0.2, 0.25) is 15.9 Å². The zero-order chi connectivity index (χ0) is 21.6. The van der Waals surface area contributed by atoms with Crippen LogP contribution >= 0.6 is 15.9 Å². The topological polar surface area (TPSA) is 86.7 Å². The molecule has 0 spiro atoms. The Hall–Kier alpha value is -2.52. The smallest absolute Gasteiger partial charge is 0.243 e. The number of anilines is 1. The summed E-state index contributed by atoms with van der Waals surface area (Å²) in [5.74, 6) is -0.498. The van der Waals surface area contributed by atoms with Gasteiger partial charge in [0.05, 0.1) is 17.5 Å². The van der Waals surface area contributed by atoms with Crippen molar-refractivity contribution in [3.8, 4) is 0 Å². The minimum atomic E-state index is -4.00. The molecule has 0 heterocycles. The zero-order valence-corrected chi connectivity index (χ0v) is 18.4. The first-order chi connectivity index (χ1) is 14.4. The fourth-order valence-electron chi connectivity index (χ4n) is 2.88. The van der Waals surface area contributed by atoms with Crippen LogP contribution in [0.5, 0.6) is 0 Å². The van der Waals surface area contributed by atoms with E-state index in [1.807, 2.05) is 12.1 Å². The van der Waals surface area contributed by atoms with Gasteiger partial charge < -0.3 is 10.4 Å². The van der Waals surface area contributed by atoms with Crippen LogP contribution in [-0.4, -0.2) is 36.8 Å². The Kier molecular flexibility index (Phi) is 7.38. The van der Waals surface area contributed by atoms with E-state index in [2.05, 4.69) is 21.2 Å². The van der Waals surface area contributed by atoms with E-state index in [9.17, 15) is 18.3 Å². The summed E-state index contributed by atoms with van der Waals surface area (Å²) < 4.78 is 28.1. The molecule has 0 aliphatic carbocycles. The second kappa shape index (κ2) is 9.99. The molecule has 6 nitrogen and oxygen atoms in total. The van der Waals surface area contributed by atoms with Gasteiger partial charge in [-0.05, 0) is 42.0 Å². The molecule has 156 valence electrons. The molecule has 0 fully saturated rings. The molecule has 0 aromatic heterocycles. The molecule has 0 bridgehead atoms. The van der Waals surface area contributed by atoms with Crippen molar-refractivity contribution in [2.45, 2.75) is 11.0 Å². The zero-order valence-electron chi connectivity index (χ0n) is 16.0. The number of carbonyl (C=O) groups excluding carboxylic acids is 1. The summed E-state index contributed by atoms with van der Waals surface area (Å²) in [5, 5.41) is 13.4. The van der Waals surface area contributed by atoms with E-state index in [1.54, 1.807) is 60.7 Å². The summed E-state index contributed by atoms with van der Waals surface area (Å²) in [4.78, 5) is 12.6. The predicted octanol–water partition coefficient (Wildman–Crippen LogP) is 3.81. The largest absolute Gasteiger partial charge is 0.387 e. The van der Waals surface area contributed by atoms with Crippen molar-refractivity contribution in [2.75, 3.05) is 18.4 Å². The van der Waals surface area contributed by atoms with Gasteiger partial charge >= 0.3 is 0 Å². The summed E-state index contributed by atoms with van der Waals surface area (Å²) >= 11 is 3.34. The summed E-state index contributed by atoms with van der Waals surface area (Å²) in [6.07, 6.45) is -1.11. The highest BCUT2D eigenvalue weighted by Gasteiger charge is 2.29. The Balaban J connectivity index is 1.85. The lowest BCUT2D eigenvalue weighted by Gasteiger charge is -2.24. The molecule has 1 amide bonds. The lowest BCUT2D eigenvalue weighted by Crippen LogP contribution is -2.40. The van der Waals surface area contributed by atoms with E-state index in [4.69, 9.17) is 0 Å². The van der Waals surface area contributed by atoms with Gasteiger partial charge in [0.25, 0.3) is 0 Å². The summed E-state index contributed by atoms with van der Waals surface area (Å²) in [6.45, 7) is -0.701. The molecule has 1 unspecified atom stereocenters. The third-order valence-corrected chi connectivity index (χ3v) is 6.69. The van der Waals surface area contributed by atoms with E-state index >= 15 is 0 Å². The van der Waals surface area contributed by atoms with E-state index in [0.717, 1.165) is 8.78 Å². The highest BCUT2D eigenvalue weighted by Crippen LogP contribution is 2.23. The van der Waals surface area contributed by atoms with Crippen LogP contribution in [0.4, 0.5) is 5.69 Å². The van der Waals surface area contributed by atoms with Gasteiger partial charge in [-0.15, -0.1) is 0 Å².